The topological polar surface area (TPSA) is 58.6 Å². The normalized spacial score (nSPS) is 12.2. The fraction of sp³-hybridized carbons (Fsp3) is 0.500. The molecule has 4 heteroatoms. The van der Waals surface area contributed by atoms with Crippen molar-refractivity contribution in [1.29, 1.82) is 0 Å². The van der Waals surface area contributed by atoms with Crippen molar-refractivity contribution in [3.63, 3.8) is 0 Å². The smallest absolute Gasteiger partial charge is 0.251 e. The first-order chi connectivity index (χ1) is 8.67. The molecule has 0 spiro atoms. The van der Waals surface area contributed by atoms with Crippen LogP contribution < -0.4 is 5.32 Å². The van der Waals surface area contributed by atoms with Crippen molar-refractivity contribution in [2.75, 3.05) is 20.3 Å². The van der Waals surface area contributed by atoms with Gasteiger partial charge in [0.15, 0.2) is 0 Å². The average Bonchev–Trinajstić information content (AvgIpc) is 2.39. The lowest BCUT2D eigenvalue weighted by Gasteiger charge is -2.10. The molecule has 1 unspecified atom stereocenters. The number of benzene rings is 1. The van der Waals surface area contributed by atoms with Crippen LogP contribution in [0.1, 0.15) is 29.3 Å². The van der Waals surface area contributed by atoms with E-state index in [2.05, 4.69) is 12.2 Å². The summed E-state index contributed by atoms with van der Waals surface area (Å²) in [7, 11) is 1.54. The highest BCUT2D eigenvalue weighted by atomic mass is 16.5. The van der Waals surface area contributed by atoms with Gasteiger partial charge in [0, 0.05) is 19.2 Å². The maximum Gasteiger partial charge on any atom is 0.251 e. The summed E-state index contributed by atoms with van der Waals surface area (Å²) >= 11 is 0. The van der Waals surface area contributed by atoms with Crippen molar-refractivity contribution in [3.8, 4) is 0 Å². The highest BCUT2D eigenvalue weighted by Gasteiger charge is 2.07. The van der Waals surface area contributed by atoms with Crippen LogP contribution >= 0.6 is 0 Å². The molecule has 0 aliphatic carbocycles. The van der Waals surface area contributed by atoms with Crippen LogP contribution in [0.15, 0.2) is 24.3 Å². The zero-order valence-electron chi connectivity index (χ0n) is 11.0. The molecular formula is C14H21NO3. The Morgan fingerprint density at radius 2 is 2.06 bits per heavy atom. The number of aryl methyl sites for hydroxylation is 1. The molecule has 0 bridgehead atoms. The second-order valence-corrected chi connectivity index (χ2v) is 4.20. The molecule has 1 rings (SSSR count). The van der Waals surface area contributed by atoms with E-state index in [1.807, 2.05) is 24.3 Å². The van der Waals surface area contributed by atoms with Crippen molar-refractivity contribution >= 4 is 5.91 Å². The summed E-state index contributed by atoms with van der Waals surface area (Å²) in [6.45, 7) is 2.81. The third-order valence-corrected chi connectivity index (χ3v) is 2.75. The summed E-state index contributed by atoms with van der Waals surface area (Å²) in [4.78, 5) is 11.8. The number of carbonyl (C=O) groups is 1. The molecule has 100 valence electrons. The monoisotopic (exact) mass is 251 g/mol. The SMILES string of the molecule is CCc1ccc(C(=O)NCCC(O)COC)cc1. The number of aliphatic hydroxyl groups excluding tert-OH is 1. The van der Waals surface area contributed by atoms with Gasteiger partial charge in [-0.25, -0.2) is 0 Å². The zero-order valence-corrected chi connectivity index (χ0v) is 11.0. The summed E-state index contributed by atoms with van der Waals surface area (Å²) < 4.78 is 4.81. The molecule has 1 amide bonds. The standard InChI is InChI=1S/C14H21NO3/c1-3-11-4-6-12(7-5-11)14(17)15-9-8-13(16)10-18-2/h4-7,13,16H,3,8-10H2,1-2H3,(H,15,17). The third kappa shape index (κ3) is 4.85. The number of methoxy groups -OCH3 is 1. The summed E-state index contributed by atoms with van der Waals surface area (Å²) in [5.41, 5.74) is 1.86. The lowest BCUT2D eigenvalue weighted by Crippen LogP contribution is -2.28. The fourth-order valence-electron chi connectivity index (χ4n) is 1.62. The van der Waals surface area contributed by atoms with Gasteiger partial charge in [0.2, 0.25) is 0 Å². The minimum atomic E-state index is -0.530. The van der Waals surface area contributed by atoms with Crippen LogP contribution in [0.4, 0.5) is 0 Å². The lowest BCUT2D eigenvalue weighted by molar-refractivity contribution is 0.0587. The molecule has 0 fully saturated rings. The summed E-state index contributed by atoms with van der Waals surface area (Å²) in [5, 5.41) is 12.2. The van der Waals surface area contributed by atoms with E-state index in [9.17, 15) is 9.90 Å². The largest absolute Gasteiger partial charge is 0.391 e. The number of nitrogens with one attached hydrogen (secondary N) is 1. The van der Waals surface area contributed by atoms with E-state index in [0.717, 1.165) is 6.42 Å². The van der Waals surface area contributed by atoms with Crippen LogP contribution in [0.3, 0.4) is 0 Å². The molecule has 0 aliphatic heterocycles. The van der Waals surface area contributed by atoms with Crippen molar-refractivity contribution in [2.24, 2.45) is 0 Å². The summed E-state index contributed by atoms with van der Waals surface area (Å²) in [6.07, 6.45) is 0.926. The Morgan fingerprint density at radius 3 is 2.61 bits per heavy atom. The van der Waals surface area contributed by atoms with Crippen LogP contribution in [-0.4, -0.2) is 37.4 Å². The minimum Gasteiger partial charge on any atom is -0.391 e. The zero-order chi connectivity index (χ0) is 13.4. The quantitative estimate of drug-likeness (QED) is 0.769. The number of hydrogen-bond acceptors (Lipinski definition) is 3. The summed E-state index contributed by atoms with van der Waals surface area (Å²) in [5.74, 6) is -0.109. The number of amides is 1. The van der Waals surface area contributed by atoms with Gasteiger partial charge in [-0.1, -0.05) is 19.1 Å². The first kappa shape index (κ1) is 14.7. The second kappa shape index (κ2) is 7.84. The molecular weight excluding hydrogens is 230 g/mol. The Kier molecular flexibility index (Phi) is 6.39. The molecule has 18 heavy (non-hydrogen) atoms. The van der Waals surface area contributed by atoms with E-state index in [0.29, 0.717) is 25.1 Å². The van der Waals surface area contributed by atoms with Crippen LogP contribution in [-0.2, 0) is 11.2 Å². The van der Waals surface area contributed by atoms with Crippen LogP contribution in [0.5, 0.6) is 0 Å². The molecule has 2 N–H and O–H groups in total. The predicted molar refractivity (Wildman–Crippen MR) is 70.7 cm³/mol. The highest BCUT2D eigenvalue weighted by molar-refractivity contribution is 5.94. The van der Waals surface area contributed by atoms with E-state index in [1.165, 1.54) is 12.7 Å². The average molecular weight is 251 g/mol. The van der Waals surface area contributed by atoms with E-state index in [1.54, 1.807) is 0 Å². The van der Waals surface area contributed by atoms with E-state index in [-0.39, 0.29) is 5.91 Å². The van der Waals surface area contributed by atoms with Gasteiger partial charge in [-0.05, 0) is 30.5 Å². The molecule has 0 saturated heterocycles. The van der Waals surface area contributed by atoms with Gasteiger partial charge in [-0.15, -0.1) is 0 Å². The predicted octanol–water partition coefficient (Wildman–Crippen LogP) is 1.38. The number of aliphatic hydroxyl groups is 1. The molecule has 0 heterocycles. The highest BCUT2D eigenvalue weighted by Crippen LogP contribution is 2.05. The Morgan fingerprint density at radius 1 is 1.39 bits per heavy atom. The van der Waals surface area contributed by atoms with Crippen molar-refractivity contribution in [1.82, 2.24) is 5.32 Å². The van der Waals surface area contributed by atoms with Crippen LogP contribution in [0.25, 0.3) is 0 Å². The molecule has 0 saturated carbocycles. The number of ether oxygens (including phenoxy) is 1. The molecule has 1 aromatic carbocycles. The minimum absolute atomic E-state index is 0.109. The Labute approximate surface area is 108 Å². The number of rotatable bonds is 7. The lowest BCUT2D eigenvalue weighted by atomic mass is 10.1. The van der Waals surface area contributed by atoms with Gasteiger partial charge < -0.3 is 15.2 Å². The van der Waals surface area contributed by atoms with E-state index in [4.69, 9.17) is 4.74 Å². The number of hydrogen-bond donors (Lipinski definition) is 2. The molecule has 1 aromatic rings. The maximum absolute atomic E-state index is 11.8. The van der Waals surface area contributed by atoms with Gasteiger partial charge in [0.25, 0.3) is 5.91 Å². The molecule has 1 atom stereocenters. The molecule has 0 aromatic heterocycles. The molecule has 0 aliphatic rings. The van der Waals surface area contributed by atoms with E-state index < -0.39 is 6.10 Å². The number of carbonyl (C=O) groups excluding carboxylic acids is 1. The molecule has 0 radical (unpaired) electrons. The van der Waals surface area contributed by atoms with Gasteiger partial charge in [-0.3, -0.25) is 4.79 Å². The second-order valence-electron chi connectivity index (χ2n) is 4.20. The Hall–Kier alpha value is -1.39. The fourth-order valence-corrected chi connectivity index (χ4v) is 1.62. The first-order valence-electron chi connectivity index (χ1n) is 6.21. The third-order valence-electron chi connectivity index (χ3n) is 2.75. The first-order valence-corrected chi connectivity index (χ1v) is 6.21. The van der Waals surface area contributed by atoms with Crippen molar-refractivity contribution < 1.29 is 14.6 Å². The molecule has 4 nitrogen and oxygen atoms in total. The summed E-state index contributed by atoms with van der Waals surface area (Å²) in [6, 6.07) is 7.54. The Bertz CT molecular complexity index is 362. The van der Waals surface area contributed by atoms with Gasteiger partial charge in [-0.2, -0.15) is 0 Å². The van der Waals surface area contributed by atoms with Gasteiger partial charge in [0.05, 0.1) is 12.7 Å². The maximum atomic E-state index is 11.8. The van der Waals surface area contributed by atoms with Gasteiger partial charge in [0.1, 0.15) is 0 Å². The van der Waals surface area contributed by atoms with Crippen LogP contribution in [0, 0.1) is 0 Å². The van der Waals surface area contributed by atoms with Gasteiger partial charge >= 0.3 is 0 Å². The van der Waals surface area contributed by atoms with Crippen LogP contribution in [0.2, 0.25) is 0 Å². The van der Waals surface area contributed by atoms with E-state index >= 15 is 0 Å². The van der Waals surface area contributed by atoms with Crippen molar-refractivity contribution in [2.45, 2.75) is 25.9 Å². The van der Waals surface area contributed by atoms with Crippen molar-refractivity contribution in [3.05, 3.63) is 35.4 Å². The Balaban J connectivity index is 2.35.